The number of hydrogen-bond acceptors (Lipinski definition) is 5. The van der Waals surface area contributed by atoms with E-state index < -0.39 is 5.97 Å². The molecule has 1 saturated heterocycles. The van der Waals surface area contributed by atoms with Gasteiger partial charge in [0.05, 0.1) is 18.2 Å². The third-order valence-corrected chi connectivity index (χ3v) is 7.84. The number of rotatable bonds is 12. The van der Waals surface area contributed by atoms with Crippen molar-refractivity contribution >= 4 is 23.5 Å². The minimum absolute atomic E-state index is 0.0507. The second-order valence-corrected chi connectivity index (χ2v) is 12.0. The number of pyridine rings is 1. The van der Waals surface area contributed by atoms with Gasteiger partial charge in [-0.2, -0.15) is 5.10 Å². The van der Waals surface area contributed by atoms with Gasteiger partial charge in [-0.3, -0.25) is 9.69 Å². The molecule has 1 aliphatic heterocycles. The van der Waals surface area contributed by atoms with Crippen molar-refractivity contribution in [1.29, 1.82) is 0 Å². The largest absolute Gasteiger partial charge is 0.465 e. The Kier molecular flexibility index (Phi) is 10.7. The highest BCUT2D eigenvalue weighted by Gasteiger charge is 2.22. The first-order valence-electron chi connectivity index (χ1n) is 15.2. The number of methoxy groups -OCH3 is 1. The third-order valence-electron chi connectivity index (χ3n) is 7.84. The van der Waals surface area contributed by atoms with E-state index >= 15 is 0 Å². The van der Waals surface area contributed by atoms with E-state index in [0.29, 0.717) is 34.2 Å². The fraction of sp³-hybridized carbons (Fsp3) is 0.500. The van der Waals surface area contributed by atoms with Crippen LogP contribution >= 0.6 is 0 Å². The molecule has 1 amide bonds. The molecule has 0 aliphatic carbocycles. The molecule has 2 aromatic heterocycles. The van der Waals surface area contributed by atoms with Gasteiger partial charge in [0, 0.05) is 42.5 Å². The summed E-state index contributed by atoms with van der Waals surface area (Å²) in [6.45, 7) is 13.3. The monoisotopic (exact) mass is 558 g/mol. The van der Waals surface area contributed by atoms with Crippen LogP contribution in [0.25, 0.3) is 22.9 Å². The quantitative estimate of drug-likeness (QED) is 0.228. The number of benzene rings is 1. The Bertz CT molecular complexity index is 1340. The first-order valence-corrected chi connectivity index (χ1v) is 15.2. The van der Waals surface area contributed by atoms with Gasteiger partial charge in [-0.05, 0) is 68.8 Å². The van der Waals surface area contributed by atoms with Crippen LogP contribution in [0.4, 0.5) is 0 Å². The smallest absolute Gasteiger partial charge is 0.338 e. The number of carbonyl (C=O) groups excluding carboxylic acids is 2. The number of likely N-dealkylation sites (tertiary alicyclic amines) is 1. The van der Waals surface area contributed by atoms with Gasteiger partial charge >= 0.3 is 5.97 Å². The second-order valence-electron chi connectivity index (χ2n) is 12.0. The molecule has 0 unspecified atom stereocenters. The van der Waals surface area contributed by atoms with E-state index in [1.165, 1.54) is 26.4 Å². The standard InChI is InChI=1S/C34H46N4O3/c1-25(2)15-21-37(22-16-26(3)4)33(39)27-17-23-38-31(24-27)30(14-11-20-36-18-9-6-10-19-36)32(35-38)28-12-7-8-13-29(28)34(40)41-5/h7-8,11-14,17,23-26H,6,9-10,15-16,18-22H2,1-5H3. The topological polar surface area (TPSA) is 67.1 Å². The molecule has 1 aliphatic rings. The average molecular weight is 559 g/mol. The minimum atomic E-state index is -0.400. The van der Waals surface area contributed by atoms with Gasteiger partial charge in [0.15, 0.2) is 0 Å². The van der Waals surface area contributed by atoms with Crippen molar-refractivity contribution in [3.8, 4) is 11.3 Å². The molecule has 220 valence electrons. The molecule has 0 bridgehead atoms. The van der Waals surface area contributed by atoms with Crippen LogP contribution in [0.5, 0.6) is 0 Å². The molecule has 1 fully saturated rings. The molecule has 41 heavy (non-hydrogen) atoms. The molecule has 0 spiro atoms. The summed E-state index contributed by atoms with van der Waals surface area (Å²) in [4.78, 5) is 30.9. The highest BCUT2D eigenvalue weighted by atomic mass is 16.5. The number of fused-ring (bicyclic) bond motifs is 1. The molecule has 0 N–H and O–H groups in total. The van der Waals surface area contributed by atoms with Gasteiger partial charge in [-0.15, -0.1) is 0 Å². The van der Waals surface area contributed by atoms with Gasteiger partial charge in [0.25, 0.3) is 5.91 Å². The maximum absolute atomic E-state index is 13.8. The van der Waals surface area contributed by atoms with E-state index in [2.05, 4.69) is 44.7 Å². The number of aromatic nitrogens is 2. The van der Waals surface area contributed by atoms with E-state index in [0.717, 1.165) is 56.6 Å². The fourth-order valence-electron chi connectivity index (χ4n) is 5.33. The predicted octanol–water partition coefficient (Wildman–Crippen LogP) is 6.82. The normalized spacial score (nSPS) is 14.4. The van der Waals surface area contributed by atoms with Crippen molar-refractivity contribution in [3.63, 3.8) is 0 Å². The summed E-state index contributed by atoms with van der Waals surface area (Å²) in [5.74, 6) is 0.698. The maximum Gasteiger partial charge on any atom is 0.338 e. The van der Waals surface area contributed by atoms with Crippen molar-refractivity contribution < 1.29 is 14.3 Å². The Morgan fingerprint density at radius 1 is 1.00 bits per heavy atom. The molecule has 7 heteroatoms. The van der Waals surface area contributed by atoms with Crippen LogP contribution < -0.4 is 0 Å². The summed E-state index contributed by atoms with van der Waals surface area (Å²) >= 11 is 0. The van der Waals surface area contributed by atoms with E-state index in [-0.39, 0.29) is 5.91 Å². The van der Waals surface area contributed by atoms with Crippen molar-refractivity contribution in [3.05, 3.63) is 65.4 Å². The molecule has 0 atom stereocenters. The summed E-state index contributed by atoms with van der Waals surface area (Å²) in [5, 5.41) is 4.91. The molecule has 3 aromatic rings. The highest BCUT2D eigenvalue weighted by molar-refractivity contribution is 6.00. The van der Waals surface area contributed by atoms with Gasteiger partial charge in [-0.1, -0.05) is 64.5 Å². The van der Waals surface area contributed by atoms with Gasteiger partial charge < -0.3 is 9.64 Å². The summed E-state index contributed by atoms with van der Waals surface area (Å²) in [7, 11) is 1.39. The average Bonchev–Trinajstić information content (AvgIpc) is 3.34. The Morgan fingerprint density at radius 3 is 2.34 bits per heavy atom. The Hall–Kier alpha value is -3.45. The van der Waals surface area contributed by atoms with Crippen molar-refractivity contribution in [1.82, 2.24) is 19.4 Å². The minimum Gasteiger partial charge on any atom is -0.465 e. The number of esters is 1. The summed E-state index contributed by atoms with van der Waals surface area (Å²) in [5.41, 5.74) is 4.26. The summed E-state index contributed by atoms with van der Waals surface area (Å²) < 4.78 is 6.89. The summed E-state index contributed by atoms with van der Waals surface area (Å²) in [6, 6.07) is 11.2. The molecule has 7 nitrogen and oxygen atoms in total. The number of amides is 1. The van der Waals surface area contributed by atoms with Crippen molar-refractivity contribution in [2.24, 2.45) is 11.8 Å². The molecule has 1 aromatic carbocycles. The molecule has 3 heterocycles. The lowest BCUT2D eigenvalue weighted by atomic mass is 10.00. The van der Waals surface area contributed by atoms with E-state index in [1.807, 2.05) is 45.9 Å². The lowest BCUT2D eigenvalue weighted by Crippen LogP contribution is -2.34. The number of ether oxygens (including phenoxy) is 1. The van der Waals surface area contributed by atoms with Crippen LogP contribution in [0, 0.1) is 11.8 Å². The fourth-order valence-corrected chi connectivity index (χ4v) is 5.33. The Balaban J connectivity index is 1.76. The lowest BCUT2D eigenvalue weighted by molar-refractivity contribution is 0.0601. The second kappa shape index (κ2) is 14.4. The Morgan fingerprint density at radius 2 is 1.68 bits per heavy atom. The third kappa shape index (κ3) is 7.85. The van der Waals surface area contributed by atoms with Crippen LogP contribution in [0.2, 0.25) is 0 Å². The highest BCUT2D eigenvalue weighted by Crippen LogP contribution is 2.31. The lowest BCUT2D eigenvalue weighted by Gasteiger charge is -2.25. The number of carbonyl (C=O) groups is 2. The number of piperidine rings is 1. The first kappa shape index (κ1) is 30.5. The predicted molar refractivity (Wildman–Crippen MR) is 166 cm³/mol. The van der Waals surface area contributed by atoms with Crippen LogP contribution in [0.1, 0.15) is 86.1 Å². The molecular weight excluding hydrogens is 512 g/mol. The van der Waals surface area contributed by atoms with Crippen LogP contribution in [0.3, 0.4) is 0 Å². The molecular formula is C34H46N4O3. The SMILES string of the molecule is COC(=O)c1ccccc1-c1nn2ccc(C(=O)N(CCC(C)C)CCC(C)C)cc2c1C=CCN1CCCCC1. The van der Waals surface area contributed by atoms with Crippen LogP contribution in [-0.2, 0) is 4.74 Å². The number of nitrogens with zero attached hydrogens (tertiary/aromatic N) is 4. The van der Waals surface area contributed by atoms with Crippen LogP contribution in [-0.4, -0.2) is 71.1 Å². The number of hydrogen-bond donors (Lipinski definition) is 0. The van der Waals surface area contributed by atoms with Gasteiger partial charge in [0.2, 0.25) is 0 Å². The van der Waals surface area contributed by atoms with E-state index in [1.54, 1.807) is 6.07 Å². The zero-order valence-electron chi connectivity index (χ0n) is 25.4. The van der Waals surface area contributed by atoms with Gasteiger partial charge in [0.1, 0.15) is 5.69 Å². The maximum atomic E-state index is 13.8. The summed E-state index contributed by atoms with van der Waals surface area (Å²) in [6.07, 6.45) is 11.8. The van der Waals surface area contributed by atoms with E-state index in [9.17, 15) is 9.59 Å². The Labute approximate surface area is 245 Å². The zero-order valence-corrected chi connectivity index (χ0v) is 25.4. The van der Waals surface area contributed by atoms with Crippen molar-refractivity contribution in [2.45, 2.75) is 59.8 Å². The first-order chi connectivity index (χ1) is 19.8. The van der Waals surface area contributed by atoms with Crippen LogP contribution in [0.15, 0.2) is 48.7 Å². The zero-order chi connectivity index (χ0) is 29.4. The molecule has 0 saturated carbocycles. The van der Waals surface area contributed by atoms with E-state index in [4.69, 9.17) is 9.84 Å². The van der Waals surface area contributed by atoms with Crippen molar-refractivity contribution in [2.75, 3.05) is 39.8 Å². The molecule has 0 radical (unpaired) electrons. The molecule has 4 rings (SSSR count). The van der Waals surface area contributed by atoms with Gasteiger partial charge in [-0.25, -0.2) is 9.31 Å².